The van der Waals surface area contributed by atoms with Crippen molar-refractivity contribution in [1.82, 2.24) is 16.0 Å². The molecule has 0 rings (SSSR count). The van der Waals surface area contributed by atoms with E-state index in [4.69, 9.17) is 14.9 Å². The van der Waals surface area contributed by atoms with E-state index < -0.39 is 78.6 Å². The third kappa shape index (κ3) is 12.6. The molecule has 0 saturated heterocycles. The van der Waals surface area contributed by atoms with Crippen LogP contribution in [0.1, 0.15) is 53.9 Å². The Hall–Kier alpha value is -3.32. The van der Waals surface area contributed by atoms with Gasteiger partial charge in [-0.1, -0.05) is 13.8 Å². The molecular formula is C20H31F2N3O9. The summed E-state index contributed by atoms with van der Waals surface area (Å²) in [4.78, 5) is 71.0. The average Bonchev–Trinajstić information content (AvgIpc) is 2.62. The number of alkyl halides is 2. The van der Waals surface area contributed by atoms with Crippen LogP contribution in [-0.2, 0) is 28.7 Å². The summed E-state index contributed by atoms with van der Waals surface area (Å²) in [5.74, 6) is -7.63. The van der Waals surface area contributed by atoms with E-state index in [2.05, 4.69) is 10.6 Å². The molecule has 14 heteroatoms. The summed E-state index contributed by atoms with van der Waals surface area (Å²) in [6, 6.07) is -5.16. The largest absolute Gasteiger partial charge is 0.481 e. The Morgan fingerprint density at radius 3 is 1.74 bits per heavy atom. The van der Waals surface area contributed by atoms with Crippen molar-refractivity contribution in [2.24, 2.45) is 5.92 Å². The van der Waals surface area contributed by atoms with Gasteiger partial charge in [0, 0.05) is 6.42 Å². The Kier molecular flexibility index (Phi) is 12.1. The first-order valence-electron chi connectivity index (χ1n) is 10.3. The minimum absolute atomic E-state index is 0.0769. The lowest BCUT2D eigenvalue weighted by atomic mass is 10.0. The van der Waals surface area contributed by atoms with Gasteiger partial charge in [-0.3, -0.25) is 19.2 Å². The maximum absolute atomic E-state index is 12.8. The lowest BCUT2D eigenvalue weighted by molar-refractivity contribution is -0.151. The van der Waals surface area contributed by atoms with Crippen molar-refractivity contribution in [2.45, 2.75) is 84.0 Å². The molecular weight excluding hydrogens is 464 g/mol. The van der Waals surface area contributed by atoms with Crippen molar-refractivity contribution in [3.63, 3.8) is 0 Å². The molecule has 0 saturated carbocycles. The molecule has 34 heavy (non-hydrogen) atoms. The number of ether oxygens (including phenoxy) is 1. The lowest BCUT2D eigenvalue weighted by Crippen LogP contribution is -2.57. The Bertz CT molecular complexity index is 782. The summed E-state index contributed by atoms with van der Waals surface area (Å²) in [5, 5.41) is 24.1. The van der Waals surface area contributed by atoms with Gasteiger partial charge in [0.1, 0.15) is 23.7 Å². The van der Waals surface area contributed by atoms with Gasteiger partial charge >= 0.3 is 18.0 Å². The quantitative estimate of drug-likeness (QED) is 0.229. The molecule has 3 amide bonds. The predicted octanol–water partition coefficient (Wildman–Crippen LogP) is 0.679. The summed E-state index contributed by atoms with van der Waals surface area (Å²) >= 11 is 0. The molecule has 0 unspecified atom stereocenters. The Morgan fingerprint density at radius 2 is 1.32 bits per heavy atom. The van der Waals surface area contributed by atoms with Crippen molar-refractivity contribution in [3.05, 3.63) is 0 Å². The van der Waals surface area contributed by atoms with Crippen LogP contribution in [0.25, 0.3) is 0 Å². The first kappa shape index (κ1) is 30.7. The van der Waals surface area contributed by atoms with Crippen molar-refractivity contribution in [3.8, 4) is 0 Å². The molecule has 0 aliphatic carbocycles. The molecule has 0 bridgehead atoms. The van der Waals surface area contributed by atoms with Gasteiger partial charge in [-0.15, -0.1) is 0 Å². The summed E-state index contributed by atoms with van der Waals surface area (Å²) in [6.45, 7) is 7.92. The summed E-state index contributed by atoms with van der Waals surface area (Å²) in [6.07, 6.45) is -6.41. The summed E-state index contributed by atoms with van der Waals surface area (Å²) in [5.41, 5.74) is -0.954. The van der Waals surface area contributed by atoms with Gasteiger partial charge in [0.2, 0.25) is 18.2 Å². The second kappa shape index (κ2) is 13.4. The fraction of sp³-hybridized carbons (Fsp3) is 0.700. The summed E-state index contributed by atoms with van der Waals surface area (Å²) < 4.78 is 30.5. The number of amides is 3. The second-order valence-corrected chi connectivity index (χ2v) is 8.84. The maximum Gasteiger partial charge on any atom is 0.408 e. The molecule has 5 N–H and O–H groups in total. The van der Waals surface area contributed by atoms with Crippen LogP contribution in [0.5, 0.6) is 0 Å². The highest BCUT2D eigenvalue weighted by molar-refractivity contribution is 6.35. The highest BCUT2D eigenvalue weighted by Crippen LogP contribution is 2.11. The lowest BCUT2D eigenvalue weighted by Gasteiger charge is -2.26. The number of carbonyl (C=O) groups is 6. The minimum Gasteiger partial charge on any atom is -0.481 e. The molecule has 0 aromatic heterocycles. The summed E-state index contributed by atoms with van der Waals surface area (Å²) in [7, 11) is 0. The number of rotatable bonds is 13. The normalized spacial score (nSPS) is 14.0. The molecule has 0 aromatic carbocycles. The van der Waals surface area contributed by atoms with Crippen molar-refractivity contribution >= 4 is 35.6 Å². The highest BCUT2D eigenvalue weighted by Gasteiger charge is 2.34. The van der Waals surface area contributed by atoms with Crippen molar-refractivity contribution in [2.75, 3.05) is 0 Å². The average molecular weight is 495 g/mol. The van der Waals surface area contributed by atoms with E-state index in [1.54, 1.807) is 13.8 Å². The minimum atomic E-state index is -3.11. The monoisotopic (exact) mass is 495 g/mol. The maximum atomic E-state index is 12.8. The van der Waals surface area contributed by atoms with E-state index in [-0.39, 0.29) is 12.3 Å². The smallest absolute Gasteiger partial charge is 0.408 e. The van der Waals surface area contributed by atoms with E-state index in [1.165, 1.54) is 20.8 Å². The molecule has 0 radical (unpaired) electrons. The zero-order valence-electron chi connectivity index (χ0n) is 19.5. The molecule has 0 spiro atoms. The zero-order chi connectivity index (χ0) is 26.8. The fourth-order valence-corrected chi connectivity index (χ4v) is 2.64. The van der Waals surface area contributed by atoms with Gasteiger partial charge in [-0.05, 0) is 33.1 Å². The number of carbonyl (C=O) groups excluding carboxylic acids is 4. The number of Topliss-reactive ketones (excluding diaryl/α,β-unsaturated/α-hetero) is 1. The molecule has 194 valence electrons. The topological polar surface area (TPSA) is 188 Å². The predicted molar refractivity (Wildman–Crippen MR) is 112 cm³/mol. The third-order valence-corrected chi connectivity index (χ3v) is 3.98. The first-order chi connectivity index (χ1) is 15.4. The Morgan fingerprint density at radius 1 is 0.824 bits per heavy atom. The first-order valence-corrected chi connectivity index (χ1v) is 10.3. The van der Waals surface area contributed by atoms with Gasteiger partial charge in [0.25, 0.3) is 5.78 Å². The number of hydrogen-bond acceptors (Lipinski definition) is 7. The van der Waals surface area contributed by atoms with Gasteiger partial charge in [-0.2, -0.15) is 0 Å². The van der Waals surface area contributed by atoms with Crippen LogP contribution in [0.4, 0.5) is 13.6 Å². The van der Waals surface area contributed by atoms with Crippen molar-refractivity contribution < 1.29 is 52.5 Å². The van der Waals surface area contributed by atoms with E-state index >= 15 is 0 Å². The number of aliphatic carboxylic acids is 2. The van der Waals surface area contributed by atoms with Crippen LogP contribution < -0.4 is 16.0 Å². The third-order valence-electron chi connectivity index (χ3n) is 3.98. The van der Waals surface area contributed by atoms with Crippen LogP contribution in [-0.4, -0.2) is 76.0 Å². The van der Waals surface area contributed by atoms with Gasteiger partial charge in [0.15, 0.2) is 0 Å². The number of nitrogens with one attached hydrogen (secondary N) is 3. The van der Waals surface area contributed by atoms with Crippen LogP contribution in [0.2, 0.25) is 0 Å². The number of halogens is 2. The van der Waals surface area contributed by atoms with Crippen LogP contribution in [0.15, 0.2) is 0 Å². The molecule has 0 aliphatic heterocycles. The molecule has 0 aliphatic rings. The fourth-order valence-electron chi connectivity index (χ4n) is 2.64. The standard InChI is InChI=1S/C20H31F2N3O9/c1-9(2)6-11(16(29)23-10(7-13(21)22)15(28)18(31)32)24-17(30)12(8-14(26)27)25-19(33)34-20(3,4)5/h9-13H,6-8H2,1-5H3,(H,23,29)(H,24,30)(H,25,33)(H,26,27)(H,31,32)/t10-,11-,12-/m0/s1. The number of carboxylic acid groups (broad SMARTS) is 2. The van der Waals surface area contributed by atoms with E-state index in [0.717, 1.165) is 0 Å². The molecule has 0 fully saturated rings. The van der Waals surface area contributed by atoms with Gasteiger partial charge < -0.3 is 30.9 Å². The highest BCUT2D eigenvalue weighted by atomic mass is 19.3. The molecule has 0 aromatic rings. The van der Waals surface area contributed by atoms with Crippen LogP contribution in [0.3, 0.4) is 0 Å². The molecule has 3 atom stereocenters. The zero-order valence-corrected chi connectivity index (χ0v) is 19.5. The van der Waals surface area contributed by atoms with E-state index in [0.29, 0.717) is 0 Å². The second-order valence-electron chi connectivity index (χ2n) is 8.84. The SMILES string of the molecule is CC(C)C[C@H](NC(=O)[C@H](CC(=O)O)NC(=O)OC(C)(C)C)C(=O)N[C@@H](CC(F)F)C(=O)C(=O)O. The Labute approximate surface area is 194 Å². The van der Waals surface area contributed by atoms with Crippen LogP contribution in [0, 0.1) is 5.92 Å². The van der Waals surface area contributed by atoms with Gasteiger partial charge in [-0.25, -0.2) is 18.4 Å². The Balaban J connectivity index is 5.66. The van der Waals surface area contributed by atoms with E-state index in [1.807, 2.05) is 5.32 Å². The number of alkyl carbamates (subject to hydrolysis) is 1. The van der Waals surface area contributed by atoms with Gasteiger partial charge in [0.05, 0.1) is 6.42 Å². The molecule has 12 nitrogen and oxygen atoms in total. The molecule has 0 heterocycles. The van der Waals surface area contributed by atoms with Crippen molar-refractivity contribution in [1.29, 1.82) is 0 Å². The number of ketones is 1. The number of hydrogen-bond donors (Lipinski definition) is 5. The van der Waals surface area contributed by atoms with E-state index in [9.17, 15) is 37.5 Å². The van der Waals surface area contributed by atoms with Crippen LogP contribution >= 0.6 is 0 Å². The number of carboxylic acids is 2.